The Labute approximate surface area is 101 Å². The summed E-state index contributed by atoms with van der Waals surface area (Å²) in [6, 6.07) is 4.86. The molecule has 0 amide bonds. The Hall–Kier alpha value is -1.85. The molecule has 0 saturated carbocycles. The van der Waals surface area contributed by atoms with E-state index in [1.54, 1.807) is 0 Å². The van der Waals surface area contributed by atoms with Gasteiger partial charge in [-0.25, -0.2) is 4.39 Å². The first-order valence-corrected chi connectivity index (χ1v) is 4.97. The van der Waals surface area contributed by atoms with Crippen molar-refractivity contribution in [2.75, 3.05) is 0 Å². The maximum Gasteiger partial charge on any atom is 0.429 e. The van der Waals surface area contributed by atoms with Crippen molar-refractivity contribution >= 4 is 12.0 Å². The van der Waals surface area contributed by atoms with Crippen molar-refractivity contribution in [3.05, 3.63) is 41.7 Å². The van der Waals surface area contributed by atoms with E-state index < -0.39 is 24.1 Å². The smallest absolute Gasteiger partial charge is 0.429 e. The van der Waals surface area contributed by atoms with E-state index in [2.05, 4.69) is 4.74 Å². The Morgan fingerprint density at radius 3 is 2.28 bits per heavy atom. The van der Waals surface area contributed by atoms with Crippen LogP contribution < -0.4 is 0 Å². The molecule has 0 unspecified atom stereocenters. The highest BCUT2D eigenvalue weighted by atomic mass is 19.4. The predicted octanol–water partition coefficient (Wildman–Crippen LogP) is 3.33. The molecule has 0 heterocycles. The summed E-state index contributed by atoms with van der Waals surface area (Å²) in [6.45, 7) is 0.893. The van der Waals surface area contributed by atoms with Crippen LogP contribution in [-0.4, -0.2) is 18.2 Å². The average Bonchev–Trinajstić information content (AvgIpc) is 2.24. The number of hydrogen-bond donors (Lipinski definition) is 0. The van der Waals surface area contributed by atoms with Crippen LogP contribution in [0.2, 0.25) is 0 Å². The Morgan fingerprint density at radius 1 is 1.28 bits per heavy atom. The molecule has 2 nitrogen and oxygen atoms in total. The molecule has 1 atom stereocenters. The number of benzene rings is 1. The van der Waals surface area contributed by atoms with Crippen molar-refractivity contribution in [3.63, 3.8) is 0 Å². The highest BCUT2D eigenvalue weighted by molar-refractivity contribution is 5.66. The average molecular weight is 262 g/mol. The second-order valence-electron chi connectivity index (χ2n) is 3.48. The van der Waals surface area contributed by atoms with Crippen LogP contribution in [0.1, 0.15) is 12.5 Å². The van der Waals surface area contributed by atoms with E-state index in [0.29, 0.717) is 11.6 Å². The predicted molar refractivity (Wildman–Crippen MR) is 57.0 cm³/mol. The van der Waals surface area contributed by atoms with E-state index in [4.69, 9.17) is 0 Å². The molecule has 1 rings (SSSR count). The number of carbonyl (C=O) groups is 1. The Bertz CT molecular complexity index is 434. The molecule has 0 fully saturated rings. The highest BCUT2D eigenvalue weighted by Gasteiger charge is 2.40. The van der Waals surface area contributed by atoms with Gasteiger partial charge in [0, 0.05) is 6.92 Å². The SMILES string of the molecule is CC(=O)O[C@H](/C=C/c1ccc(F)cc1)C(F)(F)F. The van der Waals surface area contributed by atoms with Crippen LogP contribution >= 0.6 is 0 Å². The molecule has 18 heavy (non-hydrogen) atoms. The third kappa shape index (κ3) is 4.57. The normalized spacial score (nSPS) is 13.6. The minimum absolute atomic E-state index is 0.373. The lowest BCUT2D eigenvalue weighted by Gasteiger charge is -2.16. The lowest BCUT2D eigenvalue weighted by molar-refractivity contribution is -0.206. The maximum absolute atomic E-state index is 12.6. The van der Waals surface area contributed by atoms with E-state index in [0.717, 1.165) is 25.1 Å². The molecule has 0 radical (unpaired) electrons. The quantitative estimate of drug-likeness (QED) is 0.617. The first kappa shape index (κ1) is 14.2. The maximum atomic E-state index is 12.6. The molecule has 1 aromatic rings. The molecule has 0 aliphatic heterocycles. The number of hydrogen-bond acceptors (Lipinski definition) is 2. The molecule has 0 spiro atoms. The summed E-state index contributed by atoms with van der Waals surface area (Å²) < 4.78 is 54.1. The largest absolute Gasteiger partial charge is 0.449 e. The number of esters is 1. The zero-order valence-corrected chi connectivity index (χ0v) is 9.37. The van der Waals surface area contributed by atoms with Gasteiger partial charge < -0.3 is 4.74 Å². The van der Waals surface area contributed by atoms with Gasteiger partial charge in [0.1, 0.15) is 5.82 Å². The van der Waals surface area contributed by atoms with Gasteiger partial charge >= 0.3 is 12.1 Å². The van der Waals surface area contributed by atoms with Crippen molar-refractivity contribution in [3.8, 4) is 0 Å². The van der Waals surface area contributed by atoms with Gasteiger partial charge in [0.15, 0.2) is 0 Å². The third-order valence-electron chi connectivity index (χ3n) is 1.95. The van der Waals surface area contributed by atoms with E-state index in [9.17, 15) is 22.4 Å². The van der Waals surface area contributed by atoms with E-state index >= 15 is 0 Å². The molecular weight excluding hydrogens is 252 g/mol. The highest BCUT2D eigenvalue weighted by Crippen LogP contribution is 2.24. The van der Waals surface area contributed by atoms with E-state index in [1.807, 2.05) is 0 Å². The summed E-state index contributed by atoms with van der Waals surface area (Å²) in [5, 5.41) is 0. The summed E-state index contributed by atoms with van der Waals surface area (Å²) in [7, 11) is 0. The Balaban J connectivity index is 2.83. The summed E-state index contributed by atoms with van der Waals surface area (Å²) in [6.07, 6.45) is -5.17. The first-order chi connectivity index (χ1) is 8.29. The fourth-order valence-corrected chi connectivity index (χ4v) is 1.17. The van der Waals surface area contributed by atoms with Crippen molar-refractivity contribution in [2.24, 2.45) is 0 Å². The van der Waals surface area contributed by atoms with Gasteiger partial charge in [-0.2, -0.15) is 13.2 Å². The monoisotopic (exact) mass is 262 g/mol. The third-order valence-corrected chi connectivity index (χ3v) is 1.95. The fourth-order valence-electron chi connectivity index (χ4n) is 1.17. The molecular formula is C12H10F4O2. The Kier molecular flexibility index (Phi) is 4.47. The molecule has 0 aliphatic rings. The van der Waals surface area contributed by atoms with Crippen LogP contribution in [0, 0.1) is 5.82 Å². The van der Waals surface area contributed by atoms with Crippen LogP contribution in [0.5, 0.6) is 0 Å². The van der Waals surface area contributed by atoms with Crippen LogP contribution in [0.3, 0.4) is 0 Å². The van der Waals surface area contributed by atoms with E-state index in [1.165, 1.54) is 12.1 Å². The molecule has 0 aliphatic carbocycles. The van der Waals surface area contributed by atoms with Crippen molar-refractivity contribution < 1.29 is 27.1 Å². The molecule has 0 N–H and O–H groups in total. The summed E-state index contributed by atoms with van der Waals surface area (Å²) in [5.74, 6) is -1.51. The van der Waals surface area contributed by atoms with Crippen molar-refractivity contribution in [1.82, 2.24) is 0 Å². The van der Waals surface area contributed by atoms with Crippen molar-refractivity contribution in [2.45, 2.75) is 19.2 Å². The molecule has 0 aromatic heterocycles. The van der Waals surface area contributed by atoms with Gasteiger partial charge in [-0.3, -0.25) is 4.79 Å². The number of carbonyl (C=O) groups excluding carboxylic acids is 1. The number of ether oxygens (including phenoxy) is 1. The summed E-state index contributed by atoms with van der Waals surface area (Å²) >= 11 is 0. The standard InChI is InChI=1S/C12H10F4O2/c1-8(17)18-11(12(14,15)16)7-4-9-2-5-10(13)6-3-9/h2-7,11H,1H3/b7-4+/t11-/m1/s1. The van der Waals surface area contributed by atoms with Crippen LogP contribution in [0.25, 0.3) is 6.08 Å². The Morgan fingerprint density at radius 2 is 1.83 bits per heavy atom. The number of alkyl halides is 3. The van der Waals surface area contributed by atoms with Crippen molar-refractivity contribution in [1.29, 1.82) is 0 Å². The van der Waals surface area contributed by atoms with Gasteiger partial charge in [-0.05, 0) is 23.8 Å². The van der Waals surface area contributed by atoms with Crippen LogP contribution in [-0.2, 0) is 9.53 Å². The second kappa shape index (κ2) is 5.66. The van der Waals surface area contributed by atoms with Gasteiger partial charge in [0.25, 0.3) is 0 Å². The molecule has 0 bridgehead atoms. The molecule has 1 aromatic carbocycles. The van der Waals surface area contributed by atoms with Crippen LogP contribution in [0.4, 0.5) is 17.6 Å². The number of halogens is 4. The summed E-state index contributed by atoms with van der Waals surface area (Å²) in [5.41, 5.74) is 0.373. The zero-order chi connectivity index (χ0) is 13.8. The minimum atomic E-state index is -4.68. The molecule has 0 saturated heterocycles. The van der Waals surface area contributed by atoms with Gasteiger partial charge in [0.2, 0.25) is 6.10 Å². The molecule has 6 heteroatoms. The van der Waals surface area contributed by atoms with Crippen LogP contribution in [0.15, 0.2) is 30.3 Å². The van der Waals surface area contributed by atoms with E-state index in [-0.39, 0.29) is 0 Å². The molecule has 98 valence electrons. The number of rotatable bonds is 3. The summed E-state index contributed by atoms with van der Waals surface area (Å²) in [4.78, 5) is 10.6. The lowest BCUT2D eigenvalue weighted by atomic mass is 10.2. The van der Waals surface area contributed by atoms with Gasteiger partial charge in [-0.15, -0.1) is 0 Å². The lowest BCUT2D eigenvalue weighted by Crippen LogP contribution is -2.31. The first-order valence-electron chi connectivity index (χ1n) is 4.97. The second-order valence-corrected chi connectivity index (χ2v) is 3.48. The fraction of sp³-hybridized carbons (Fsp3) is 0.250. The van der Waals surface area contributed by atoms with Gasteiger partial charge in [0.05, 0.1) is 0 Å². The topological polar surface area (TPSA) is 26.3 Å². The van der Waals surface area contributed by atoms with Gasteiger partial charge in [-0.1, -0.05) is 18.2 Å². The minimum Gasteiger partial charge on any atom is -0.449 e. The zero-order valence-electron chi connectivity index (χ0n) is 9.37.